The average Bonchev–Trinajstić information content (AvgIpc) is 2.23. The molecule has 1 unspecified atom stereocenters. The maximum atomic E-state index is 13.1. The van der Waals surface area contributed by atoms with Gasteiger partial charge < -0.3 is 0 Å². The van der Waals surface area contributed by atoms with Gasteiger partial charge in [0.15, 0.2) is 0 Å². The van der Waals surface area contributed by atoms with Crippen LogP contribution >= 0.6 is 11.6 Å². The second-order valence-electron chi connectivity index (χ2n) is 3.99. The van der Waals surface area contributed by atoms with Crippen LogP contribution in [0.4, 0.5) is 4.39 Å². The van der Waals surface area contributed by atoms with Crippen LogP contribution < -0.4 is 0 Å². The first-order chi connectivity index (χ1) is 7.10. The molecule has 15 heavy (non-hydrogen) atoms. The van der Waals surface area contributed by atoms with Gasteiger partial charge in [0.25, 0.3) is 0 Å². The summed E-state index contributed by atoms with van der Waals surface area (Å²) in [6, 6.07) is 5.14. The van der Waals surface area contributed by atoms with Gasteiger partial charge in [-0.3, -0.25) is 0 Å². The largest absolute Gasteiger partial charge is 0.207 e. The summed E-state index contributed by atoms with van der Waals surface area (Å²) >= 11 is 6.37. The van der Waals surface area contributed by atoms with Crippen molar-refractivity contribution in [2.24, 2.45) is 5.92 Å². The minimum Gasteiger partial charge on any atom is -0.207 e. The van der Waals surface area contributed by atoms with Crippen LogP contribution in [0.1, 0.15) is 43.2 Å². The van der Waals surface area contributed by atoms with Crippen molar-refractivity contribution in [2.45, 2.75) is 39.0 Å². The molecule has 0 aromatic heterocycles. The molecule has 1 aromatic carbocycles. The van der Waals surface area contributed by atoms with E-state index in [4.69, 9.17) is 11.6 Å². The van der Waals surface area contributed by atoms with Crippen molar-refractivity contribution in [1.82, 2.24) is 0 Å². The van der Waals surface area contributed by atoms with Crippen LogP contribution in [0.15, 0.2) is 18.2 Å². The third-order valence-electron chi connectivity index (χ3n) is 2.96. The first-order valence-electron chi connectivity index (χ1n) is 5.50. The molecule has 0 spiro atoms. The quantitative estimate of drug-likeness (QED) is 0.647. The van der Waals surface area contributed by atoms with E-state index in [9.17, 15) is 4.39 Å². The van der Waals surface area contributed by atoms with Crippen LogP contribution in [0.5, 0.6) is 0 Å². The van der Waals surface area contributed by atoms with Crippen molar-refractivity contribution >= 4 is 11.6 Å². The number of hydrogen-bond acceptors (Lipinski definition) is 0. The highest BCUT2D eigenvalue weighted by atomic mass is 35.5. The molecule has 0 aliphatic carbocycles. The second-order valence-corrected chi connectivity index (χ2v) is 4.46. The molecule has 0 amide bonds. The third-order valence-corrected chi connectivity index (χ3v) is 3.57. The summed E-state index contributed by atoms with van der Waals surface area (Å²) in [5.41, 5.74) is 1.70. The normalized spacial score (nSPS) is 13.2. The highest BCUT2D eigenvalue weighted by Crippen LogP contribution is 2.33. The Morgan fingerprint density at radius 3 is 2.33 bits per heavy atom. The van der Waals surface area contributed by atoms with Crippen LogP contribution in [0.2, 0.25) is 0 Å². The van der Waals surface area contributed by atoms with E-state index in [1.54, 1.807) is 13.0 Å². The zero-order chi connectivity index (χ0) is 11.4. The Balaban J connectivity index is 2.90. The minimum absolute atomic E-state index is 0.000648. The summed E-state index contributed by atoms with van der Waals surface area (Å²) in [6.07, 6.45) is 2.11. The molecule has 0 saturated heterocycles. The second kappa shape index (κ2) is 5.50. The van der Waals surface area contributed by atoms with Gasteiger partial charge in [-0.15, -0.1) is 11.6 Å². The maximum absolute atomic E-state index is 13.1. The number of rotatable bonds is 4. The van der Waals surface area contributed by atoms with Gasteiger partial charge in [-0.05, 0) is 30.0 Å². The Labute approximate surface area is 96.5 Å². The van der Waals surface area contributed by atoms with Gasteiger partial charge in [0.05, 0.1) is 5.38 Å². The molecule has 0 saturated carbocycles. The van der Waals surface area contributed by atoms with E-state index >= 15 is 0 Å². The molecule has 0 nitrogen and oxygen atoms in total. The molecule has 0 bridgehead atoms. The van der Waals surface area contributed by atoms with E-state index in [2.05, 4.69) is 13.8 Å². The molecule has 1 atom stereocenters. The van der Waals surface area contributed by atoms with E-state index in [-0.39, 0.29) is 11.2 Å². The van der Waals surface area contributed by atoms with E-state index in [0.29, 0.717) is 11.5 Å². The van der Waals surface area contributed by atoms with Gasteiger partial charge in [0, 0.05) is 0 Å². The van der Waals surface area contributed by atoms with Gasteiger partial charge in [0.1, 0.15) is 5.82 Å². The van der Waals surface area contributed by atoms with Crippen molar-refractivity contribution in [3.63, 3.8) is 0 Å². The lowest BCUT2D eigenvalue weighted by Crippen LogP contribution is -2.06. The summed E-state index contributed by atoms with van der Waals surface area (Å²) in [5, 5.41) is -0.000648. The molecule has 84 valence electrons. The maximum Gasteiger partial charge on any atom is 0.126 e. The Morgan fingerprint density at radius 1 is 1.27 bits per heavy atom. The number of alkyl halides is 1. The Bertz CT molecular complexity index is 318. The van der Waals surface area contributed by atoms with Crippen LogP contribution in [-0.4, -0.2) is 0 Å². The predicted octanol–water partition coefficient (Wildman–Crippen LogP) is 4.85. The predicted molar refractivity (Wildman–Crippen MR) is 63.8 cm³/mol. The van der Waals surface area contributed by atoms with Gasteiger partial charge in [0.2, 0.25) is 0 Å². The topological polar surface area (TPSA) is 0 Å². The number of halogens is 2. The van der Waals surface area contributed by atoms with Gasteiger partial charge in [-0.2, -0.15) is 0 Å². The molecule has 1 rings (SSSR count). The molecule has 0 radical (unpaired) electrons. The SMILES string of the molecule is CCC(CC)C(Cl)c1ccc(F)c(C)c1. The molecule has 0 aliphatic heterocycles. The summed E-state index contributed by atoms with van der Waals surface area (Å²) in [5.74, 6) is 0.309. The molecular weight excluding hydrogens is 211 g/mol. The lowest BCUT2D eigenvalue weighted by atomic mass is 9.93. The summed E-state index contributed by atoms with van der Waals surface area (Å²) in [7, 11) is 0. The molecule has 1 aromatic rings. The average molecular weight is 229 g/mol. The zero-order valence-corrected chi connectivity index (χ0v) is 10.3. The summed E-state index contributed by atoms with van der Waals surface area (Å²) in [6.45, 7) is 6.05. The Kier molecular flexibility index (Phi) is 4.59. The number of benzene rings is 1. The Hall–Kier alpha value is -0.560. The van der Waals surface area contributed by atoms with Crippen LogP contribution in [0.25, 0.3) is 0 Å². The lowest BCUT2D eigenvalue weighted by Gasteiger charge is -2.19. The number of hydrogen-bond donors (Lipinski definition) is 0. The van der Waals surface area contributed by atoms with Crippen molar-refractivity contribution in [1.29, 1.82) is 0 Å². The fourth-order valence-electron chi connectivity index (χ4n) is 1.81. The van der Waals surface area contributed by atoms with Crippen LogP contribution in [0, 0.1) is 18.7 Å². The summed E-state index contributed by atoms with van der Waals surface area (Å²) in [4.78, 5) is 0. The van der Waals surface area contributed by atoms with Crippen molar-refractivity contribution < 1.29 is 4.39 Å². The first kappa shape index (κ1) is 12.5. The molecule has 0 fully saturated rings. The standard InChI is InChI=1S/C13H18ClF/c1-4-10(5-2)13(14)11-6-7-12(15)9(3)8-11/h6-8,10,13H,4-5H2,1-3H3. The molecule has 0 heterocycles. The highest BCUT2D eigenvalue weighted by molar-refractivity contribution is 6.21. The van der Waals surface area contributed by atoms with E-state index in [0.717, 1.165) is 18.4 Å². The van der Waals surface area contributed by atoms with E-state index in [1.165, 1.54) is 6.07 Å². The van der Waals surface area contributed by atoms with Crippen molar-refractivity contribution in [2.75, 3.05) is 0 Å². The highest BCUT2D eigenvalue weighted by Gasteiger charge is 2.18. The van der Waals surface area contributed by atoms with Gasteiger partial charge in [-0.25, -0.2) is 4.39 Å². The Morgan fingerprint density at radius 2 is 1.87 bits per heavy atom. The van der Waals surface area contributed by atoms with Crippen molar-refractivity contribution in [3.8, 4) is 0 Å². The van der Waals surface area contributed by atoms with Gasteiger partial charge >= 0.3 is 0 Å². The summed E-state index contributed by atoms with van der Waals surface area (Å²) < 4.78 is 13.1. The smallest absolute Gasteiger partial charge is 0.126 e. The molecule has 0 N–H and O–H groups in total. The zero-order valence-electron chi connectivity index (χ0n) is 9.56. The lowest BCUT2D eigenvalue weighted by molar-refractivity contribution is 0.475. The molecule has 2 heteroatoms. The van der Waals surface area contributed by atoms with E-state index in [1.807, 2.05) is 6.07 Å². The number of aryl methyl sites for hydroxylation is 1. The van der Waals surface area contributed by atoms with Crippen molar-refractivity contribution in [3.05, 3.63) is 35.1 Å². The van der Waals surface area contributed by atoms with Crippen LogP contribution in [0.3, 0.4) is 0 Å². The fraction of sp³-hybridized carbons (Fsp3) is 0.538. The fourth-order valence-corrected chi connectivity index (χ4v) is 2.31. The molecule has 0 aliphatic rings. The van der Waals surface area contributed by atoms with E-state index < -0.39 is 0 Å². The van der Waals surface area contributed by atoms with Gasteiger partial charge in [-0.1, -0.05) is 38.8 Å². The first-order valence-corrected chi connectivity index (χ1v) is 5.93. The monoisotopic (exact) mass is 228 g/mol. The minimum atomic E-state index is -0.160. The third kappa shape index (κ3) is 2.94. The van der Waals surface area contributed by atoms with Crippen LogP contribution in [-0.2, 0) is 0 Å². The molecular formula is C13H18ClF.